The zero-order valence-corrected chi connectivity index (χ0v) is 10.1. The Kier molecular flexibility index (Phi) is 2.29. The number of oxazole rings is 1. The number of hydrogen-bond donors (Lipinski definition) is 0. The number of pyridine rings is 1. The third kappa shape index (κ3) is 1.62. The van der Waals surface area contributed by atoms with Gasteiger partial charge in [0, 0.05) is 6.20 Å². The molecule has 0 radical (unpaired) electrons. The highest BCUT2D eigenvalue weighted by molar-refractivity contribution is 5.35. The molecule has 0 unspecified atom stereocenters. The van der Waals surface area contributed by atoms with Gasteiger partial charge in [-0.1, -0.05) is 6.07 Å². The van der Waals surface area contributed by atoms with Crippen LogP contribution in [-0.4, -0.2) is 19.2 Å². The van der Waals surface area contributed by atoms with Gasteiger partial charge in [-0.05, 0) is 26.0 Å². The number of hydrogen-bond acceptors (Lipinski definition) is 4. The quantitative estimate of drug-likeness (QED) is 0.678. The zero-order valence-electron chi connectivity index (χ0n) is 10.1. The van der Waals surface area contributed by atoms with Gasteiger partial charge >= 0.3 is 5.69 Å². The molecule has 0 N–H and O–H groups in total. The average Bonchev–Trinajstić information content (AvgIpc) is 2.83. The van der Waals surface area contributed by atoms with Crippen LogP contribution >= 0.6 is 0 Å². The van der Waals surface area contributed by atoms with E-state index in [9.17, 15) is 4.79 Å². The van der Waals surface area contributed by atoms with Crippen molar-refractivity contribution in [1.29, 1.82) is 0 Å². The van der Waals surface area contributed by atoms with Crippen molar-refractivity contribution < 1.29 is 4.42 Å². The van der Waals surface area contributed by atoms with E-state index in [0.29, 0.717) is 11.5 Å². The first-order chi connectivity index (χ1) is 8.65. The molecule has 0 saturated carbocycles. The van der Waals surface area contributed by atoms with Gasteiger partial charge in [0.25, 0.3) is 0 Å². The number of nitrogens with zero attached hydrogens (tertiary/aromatic N) is 4. The van der Waals surface area contributed by atoms with E-state index in [1.165, 1.54) is 9.08 Å². The van der Waals surface area contributed by atoms with E-state index in [1.807, 2.05) is 19.9 Å². The molecule has 0 bridgehead atoms. The van der Waals surface area contributed by atoms with Crippen LogP contribution in [0.4, 0.5) is 0 Å². The summed E-state index contributed by atoms with van der Waals surface area (Å²) >= 11 is 0. The summed E-state index contributed by atoms with van der Waals surface area (Å²) < 4.78 is 8.29. The minimum absolute atomic E-state index is 0.195. The van der Waals surface area contributed by atoms with E-state index in [-0.39, 0.29) is 12.2 Å². The van der Waals surface area contributed by atoms with Gasteiger partial charge < -0.3 is 4.42 Å². The average molecular weight is 244 g/mol. The molecule has 3 rings (SSSR count). The summed E-state index contributed by atoms with van der Waals surface area (Å²) in [6.45, 7) is 3.96. The topological polar surface area (TPSA) is 65.3 Å². The van der Waals surface area contributed by atoms with Crippen molar-refractivity contribution in [1.82, 2.24) is 19.2 Å². The fourth-order valence-corrected chi connectivity index (χ4v) is 1.81. The molecular weight excluding hydrogens is 232 g/mol. The van der Waals surface area contributed by atoms with Crippen molar-refractivity contribution in [2.75, 3.05) is 0 Å². The lowest BCUT2D eigenvalue weighted by Crippen LogP contribution is -2.21. The third-order valence-electron chi connectivity index (χ3n) is 2.85. The van der Waals surface area contributed by atoms with Crippen molar-refractivity contribution >= 4 is 5.65 Å². The first-order valence-electron chi connectivity index (χ1n) is 5.62. The van der Waals surface area contributed by atoms with Gasteiger partial charge in [0.05, 0.1) is 5.69 Å². The molecule has 0 fully saturated rings. The Morgan fingerprint density at radius 3 is 2.83 bits per heavy atom. The first-order valence-corrected chi connectivity index (χ1v) is 5.62. The van der Waals surface area contributed by atoms with Crippen molar-refractivity contribution in [3.63, 3.8) is 0 Å². The molecule has 0 aliphatic heterocycles. The monoisotopic (exact) mass is 244 g/mol. The number of aromatic nitrogens is 4. The molecular formula is C12H12N4O2. The second kappa shape index (κ2) is 3.83. The highest BCUT2D eigenvalue weighted by Crippen LogP contribution is 2.08. The molecule has 92 valence electrons. The third-order valence-corrected chi connectivity index (χ3v) is 2.85. The molecule has 0 aliphatic rings. The summed E-state index contributed by atoms with van der Waals surface area (Å²) in [5.41, 5.74) is 1.25. The van der Waals surface area contributed by atoms with Gasteiger partial charge in [-0.2, -0.15) is 0 Å². The highest BCUT2D eigenvalue weighted by Gasteiger charge is 2.11. The fraction of sp³-hybridized carbons (Fsp3) is 0.250. The Labute approximate surface area is 102 Å². The van der Waals surface area contributed by atoms with Crippen LogP contribution in [0.3, 0.4) is 0 Å². The van der Waals surface area contributed by atoms with Crippen LogP contribution in [0, 0.1) is 13.8 Å². The van der Waals surface area contributed by atoms with E-state index in [2.05, 4.69) is 10.1 Å². The van der Waals surface area contributed by atoms with Gasteiger partial charge in [0.2, 0.25) is 5.89 Å². The Morgan fingerprint density at radius 2 is 2.17 bits per heavy atom. The van der Waals surface area contributed by atoms with E-state index in [0.717, 1.165) is 11.5 Å². The normalized spacial score (nSPS) is 11.2. The predicted octanol–water partition coefficient (Wildman–Crippen LogP) is 1.15. The Morgan fingerprint density at radius 1 is 1.33 bits per heavy atom. The maximum Gasteiger partial charge on any atom is 0.350 e. The Bertz CT molecular complexity index is 746. The van der Waals surface area contributed by atoms with E-state index >= 15 is 0 Å². The smallest absolute Gasteiger partial charge is 0.350 e. The van der Waals surface area contributed by atoms with Crippen LogP contribution in [0.2, 0.25) is 0 Å². The molecule has 0 saturated heterocycles. The van der Waals surface area contributed by atoms with Crippen molar-refractivity contribution in [2.45, 2.75) is 20.4 Å². The molecule has 3 aromatic rings. The number of aryl methyl sites for hydroxylation is 2. The lowest BCUT2D eigenvalue weighted by atomic mass is 10.4. The maximum atomic E-state index is 12.0. The molecule has 0 atom stereocenters. The molecule has 6 nitrogen and oxygen atoms in total. The minimum atomic E-state index is -0.195. The molecule has 0 aromatic carbocycles. The number of fused-ring (bicyclic) bond motifs is 1. The summed E-state index contributed by atoms with van der Waals surface area (Å²) in [5, 5.41) is 4.21. The van der Waals surface area contributed by atoms with Gasteiger partial charge in [-0.3, -0.25) is 4.40 Å². The summed E-state index contributed by atoms with van der Waals surface area (Å²) in [6.07, 6.45) is 1.69. The predicted molar refractivity (Wildman–Crippen MR) is 64.5 cm³/mol. The van der Waals surface area contributed by atoms with Crippen LogP contribution < -0.4 is 5.69 Å². The second-order valence-electron chi connectivity index (χ2n) is 4.12. The molecule has 3 aromatic heterocycles. The largest absolute Gasteiger partial charge is 0.444 e. The standard InChI is InChI=1S/C12H12N4O2/c1-8-9(2)18-11(13-8)7-16-12(17)15-6-4-3-5-10(15)14-16/h3-6H,7H2,1-2H3. The van der Waals surface area contributed by atoms with Gasteiger partial charge in [0.15, 0.2) is 5.65 Å². The molecule has 6 heteroatoms. The summed E-state index contributed by atoms with van der Waals surface area (Å²) in [7, 11) is 0. The van der Waals surface area contributed by atoms with Gasteiger partial charge in [0.1, 0.15) is 12.3 Å². The Balaban J connectivity index is 2.05. The van der Waals surface area contributed by atoms with Gasteiger partial charge in [-0.15, -0.1) is 5.10 Å². The minimum Gasteiger partial charge on any atom is -0.444 e. The lowest BCUT2D eigenvalue weighted by Gasteiger charge is -1.92. The van der Waals surface area contributed by atoms with Crippen molar-refractivity contribution in [2.24, 2.45) is 0 Å². The molecule has 3 heterocycles. The molecule has 0 aliphatic carbocycles. The summed E-state index contributed by atoms with van der Waals surface area (Å²) in [6, 6.07) is 5.41. The molecule has 0 spiro atoms. The van der Waals surface area contributed by atoms with E-state index in [4.69, 9.17) is 4.42 Å². The summed E-state index contributed by atoms with van der Waals surface area (Å²) in [4.78, 5) is 16.3. The molecule has 0 amide bonds. The first kappa shape index (κ1) is 10.8. The SMILES string of the molecule is Cc1nc(Cn2nc3ccccn3c2=O)oc1C. The lowest BCUT2D eigenvalue weighted by molar-refractivity contribution is 0.442. The van der Waals surface area contributed by atoms with Crippen LogP contribution in [0.25, 0.3) is 5.65 Å². The van der Waals surface area contributed by atoms with Crippen LogP contribution in [-0.2, 0) is 6.54 Å². The Hall–Kier alpha value is -2.37. The highest BCUT2D eigenvalue weighted by atomic mass is 16.4. The zero-order chi connectivity index (χ0) is 12.7. The van der Waals surface area contributed by atoms with Crippen LogP contribution in [0.15, 0.2) is 33.6 Å². The van der Waals surface area contributed by atoms with E-state index < -0.39 is 0 Å². The van der Waals surface area contributed by atoms with E-state index in [1.54, 1.807) is 18.3 Å². The maximum absolute atomic E-state index is 12.0. The van der Waals surface area contributed by atoms with Crippen LogP contribution in [0.5, 0.6) is 0 Å². The fourth-order valence-electron chi connectivity index (χ4n) is 1.81. The summed E-state index contributed by atoms with van der Waals surface area (Å²) in [5.74, 6) is 1.26. The molecule has 18 heavy (non-hydrogen) atoms. The van der Waals surface area contributed by atoms with Crippen molar-refractivity contribution in [3.05, 3.63) is 52.2 Å². The van der Waals surface area contributed by atoms with Crippen LogP contribution in [0.1, 0.15) is 17.3 Å². The second-order valence-corrected chi connectivity index (χ2v) is 4.12. The number of rotatable bonds is 2. The van der Waals surface area contributed by atoms with Gasteiger partial charge in [-0.25, -0.2) is 14.5 Å². The van der Waals surface area contributed by atoms with Crippen molar-refractivity contribution in [3.8, 4) is 0 Å².